The molecule has 15 heteroatoms. The molecule has 4 aliphatic rings. The van der Waals surface area contributed by atoms with E-state index >= 15 is 0 Å². The van der Waals surface area contributed by atoms with E-state index in [1.54, 1.807) is 0 Å². The van der Waals surface area contributed by atoms with Gasteiger partial charge in [0.1, 0.15) is 0 Å². The Hall–Kier alpha value is 3.34. The molecule has 33 heavy (non-hydrogen) atoms. The predicted molar refractivity (Wildman–Crippen MR) is 139 cm³/mol. The van der Waals surface area contributed by atoms with E-state index in [4.69, 9.17) is 33.2 Å². The molecule has 0 radical (unpaired) electrons. The normalized spacial score (nSPS) is 19.2. The summed E-state index contributed by atoms with van der Waals surface area (Å²) in [7, 11) is -1.73. The third-order valence-electron chi connectivity index (χ3n) is 4.85. The maximum Gasteiger partial charge on any atom is 1.00 e. The van der Waals surface area contributed by atoms with E-state index in [1.807, 2.05) is 13.1 Å². The number of nitrogens with one attached hydrogen (secondary N) is 1. The standard InChI is InChI=1S/C9H18ClN3Si.C7H13N3.C2H6Cl2Si.ClH.FH.2K.H2.H/c1-14(2,10)13-8-4-7-12-6-3-5-11-9(12)13;1-3-8-7-9-4-2-6-10(7)5-1;1-5(2,3)4;;;;;;/h3-8H2,1-2H3;1-6H2,(H,8,9);1-2H3;2*1H;;;1H;/q;;;;;2*+1;;-1/p-1/i;;;;;;;1+2;. The maximum absolute atomic E-state index is 6.49. The first kappa shape index (κ1) is 40.8. The van der Waals surface area contributed by atoms with E-state index in [9.17, 15) is 0 Å². The molecular formula is C18H41Cl4FK2N6Si2. The Morgan fingerprint density at radius 2 is 1.30 bits per heavy atom. The summed E-state index contributed by atoms with van der Waals surface area (Å²) < 4.78 is 2.36. The molecule has 188 valence electrons. The molecule has 6 nitrogen and oxygen atoms in total. The van der Waals surface area contributed by atoms with Crippen LogP contribution in [0.25, 0.3) is 0 Å². The minimum absolute atomic E-state index is 0. The van der Waals surface area contributed by atoms with Gasteiger partial charge in [-0.25, -0.2) is 0 Å². The Kier molecular flexibility index (Phi) is 25.1. The number of aliphatic imine (C=N–C) groups is 2. The molecule has 2 fully saturated rings. The molecular weight excluding hydrogens is 595 g/mol. The molecule has 0 atom stereocenters. The fourth-order valence-electron chi connectivity index (χ4n) is 3.64. The maximum atomic E-state index is 6.49. The molecule has 0 aromatic rings. The van der Waals surface area contributed by atoms with Crippen LogP contribution in [0.4, 0.5) is 4.70 Å². The second kappa shape index (κ2) is 20.3. The smallest absolute Gasteiger partial charge is 1.00 e. The Balaban J connectivity index is -0.000000129. The minimum Gasteiger partial charge on any atom is -1.00 e. The van der Waals surface area contributed by atoms with Gasteiger partial charge in [0.15, 0.2) is 11.9 Å². The molecule has 4 rings (SSSR count). The molecule has 0 saturated carbocycles. The van der Waals surface area contributed by atoms with Crippen LogP contribution in [0.1, 0.15) is 28.5 Å². The quantitative estimate of drug-likeness (QED) is 0.232. The van der Waals surface area contributed by atoms with Crippen molar-refractivity contribution in [3.05, 3.63) is 0 Å². The van der Waals surface area contributed by atoms with Gasteiger partial charge in [0.05, 0.1) is 0 Å². The second-order valence-electron chi connectivity index (χ2n) is 8.59. The van der Waals surface area contributed by atoms with Crippen molar-refractivity contribution >= 4 is 59.4 Å². The topological polar surface area (TPSA) is 46.5 Å². The third kappa shape index (κ3) is 16.8. The molecule has 2 saturated heterocycles. The van der Waals surface area contributed by atoms with Gasteiger partial charge in [-0.2, -0.15) is 0 Å². The summed E-state index contributed by atoms with van der Waals surface area (Å²) >= 11 is 17.4. The van der Waals surface area contributed by atoms with Crippen LogP contribution in [0.2, 0.25) is 26.2 Å². The number of nitrogens with zero attached hydrogens (tertiary/aromatic N) is 5. The van der Waals surface area contributed by atoms with Crippen LogP contribution in [0.5, 0.6) is 0 Å². The Labute approximate surface area is 310 Å². The van der Waals surface area contributed by atoms with Crippen molar-refractivity contribution in [3.8, 4) is 0 Å². The zero-order chi connectivity index (χ0) is 21.5. The van der Waals surface area contributed by atoms with Crippen molar-refractivity contribution in [1.29, 1.82) is 0 Å². The average Bonchev–Trinajstić information content (AvgIpc) is 2.66. The number of rotatable bonds is 1. The molecule has 4 heterocycles. The van der Waals surface area contributed by atoms with Gasteiger partial charge in [0, 0.05) is 53.8 Å². The van der Waals surface area contributed by atoms with Gasteiger partial charge in [-0.3, -0.25) is 14.7 Å². The first-order valence-electron chi connectivity index (χ1n) is 10.7. The van der Waals surface area contributed by atoms with Crippen molar-refractivity contribution in [3.63, 3.8) is 0 Å². The zero-order valence-corrected chi connectivity index (χ0v) is 32.4. The van der Waals surface area contributed by atoms with Crippen LogP contribution in [0.3, 0.4) is 0 Å². The van der Waals surface area contributed by atoms with Crippen molar-refractivity contribution in [2.24, 2.45) is 9.98 Å². The minimum atomic E-state index is -1.73. The molecule has 0 aromatic carbocycles. The molecule has 1 N–H and O–H groups in total. The van der Waals surface area contributed by atoms with Crippen molar-refractivity contribution < 1.29 is 123 Å². The molecule has 0 amide bonds. The van der Waals surface area contributed by atoms with Crippen LogP contribution in [0, 0.1) is 0 Å². The zero-order valence-electron chi connectivity index (χ0n) is 22.1. The van der Waals surface area contributed by atoms with Gasteiger partial charge in [0.25, 0.3) is 7.55 Å². The van der Waals surface area contributed by atoms with Crippen molar-refractivity contribution in [2.45, 2.75) is 51.9 Å². The van der Waals surface area contributed by atoms with Gasteiger partial charge < -0.3 is 33.5 Å². The Bertz CT molecular complexity index is 602. The van der Waals surface area contributed by atoms with E-state index in [-0.39, 0.29) is 123 Å². The van der Waals surface area contributed by atoms with Crippen molar-refractivity contribution in [1.82, 2.24) is 19.7 Å². The largest absolute Gasteiger partial charge is 1.00 e. The van der Waals surface area contributed by atoms with E-state index in [2.05, 4.69) is 42.8 Å². The van der Waals surface area contributed by atoms with Gasteiger partial charge in [-0.15, -0.1) is 33.2 Å². The number of fused-ring (bicyclic) bond motifs is 2. The molecule has 0 aliphatic carbocycles. The van der Waals surface area contributed by atoms with Gasteiger partial charge in [0.2, 0.25) is 6.69 Å². The summed E-state index contributed by atoms with van der Waals surface area (Å²) in [4.78, 5) is 13.7. The van der Waals surface area contributed by atoms with Crippen LogP contribution in [-0.2, 0) is 0 Å². The summed E-state index contributed by atoms with van der Waals surface area (Å²) in [5.74, 6) is 2.31. The summed E-state index contributed by atoms with van der Waals surface area (Å²) in [5, 5.41) is 3.30. The number of halogens is 5. The Morgan fingerprint density at radius 1 is 0.818 bits per heavy atom. The fraction of sp³-hybridized carbons (Fsp3) is 0.889. The number of hydrogen-bond donors (Lipinski definition) is 1. The van der Waals surface area contributed by atoms with E-state index in [0.717, 1.165) is 45.2 Å². The van der Waals surface area contributed by atoms with Gasteiger partial charge in [-0.1, -0.05) is 0 Å². The van der Waals surface area contributed by atoms with E-state index < -0.39 is 14.2 Å². The van der Waals surface area contributed by atoms with Gasteiger partial charge in [-0.05, 0) is 51.9 Å². The van der Waals surface area contributed by atoms with Crippen LogP contribution < -0.4 is 120 Å². The second-order valence-corrected chi connectivity index (χ2v) is 23.6. The summed E-state index contributed by atoms with van der Waals surface area (Å²) in [6.07, 6.45) is 4.91. The average molecular weight is 639 g/mol. The number of guanidine groups is 2. The Morgan fingerprint density at radius 3 is 1.85 bits per heavy atom. The molecule has 0 bridgehead atoms. The van der Waals surface area contributed by atoms with Crippen LogP contribution >= 0.6 is 33.2 Å². The first-order valence-corrected chi connectivity index (χ1v) is 19.7. The molecule has 0 unspecified atom stereocenters. The SMILES string of the molecule is C1CN=C2NCCCN2C1.C[Si](C)(Cl)Cl.C[Si](C)(Cl)N1CCCN2CCCN=C21.F.[3HH].[Cl-].[H-].[K+].[K+]. The number of hydrogen-bond acceptors (Lipinski definition) is 6. The van der Waals surface area contributed by atoms with Crippen LogP contribution in [-0.4, -0.2) is 92.9 Å². The van der Waals surface area contributed by atoms with Gasteiger partial charge >= 0.3 is 103 Å². The van der Waals surface area contributed by atoms with E-state index in [1.165, 1.54) is 44.7 Å². The fourth-order valence-corrected chi connectivity index (χ4v) is 5.50. The van der Waals surface area contributed by atoms with E-state index in [0.29, 0.717) is 0 Å². The molecule has 4 aliphatic heterocycles. The molecule has 0 spiro atoms. The molecule has 0 aromatic heterocycles. The third-order valence-corrected chi connectivity index (χ3v) is 7.17. The summed E-state index contributed by atoms with van der Waals surface area (Å²) in [5.41, 5.74) is 0. The monoisotopic (exact) mass is 636 g/mol. The summed E-state index contributed by atoms with van der Waals surface area (Å²) in [6.45, 7) is 15.3. The van der Waals surface area contributed by atoms with Crippen molar-refractivity contribution in [2.75, 3.05) is 52.4 Å². The van der Waals surface area contributed by atoms with Crippen LogP contribution in [0.15, 0.2) is 9.98 Å². The predicted octanol–water partition coefficient (Wildman–Crippen LogP) is -4.58. The summed E-state index contributed by atoms with van der Waals surface area (Å²) in [6, 6.07) is 0. The first-order chi connectivity index (χ1) is 13.6.